The molecule has 2 rings (SSSR count). The summed E-state index contributed by atoms with van der Waals surface area (Å²) in [6.07, 6.45) is 1.69. The van der Waals surface area contributed by atoms with Crippen LogP contribution in [0.3, 0.4) is 0 Å². The molecule has 2 N–H and O–H groups in total. The lowest BCUT2D eigenvalue weighted by Gasteiger charge is -2.08. The smallest absolute Gasteiger partial charge is 0.270 e. The van der Waals surface area contributed by atoms with Crippen molar-refractivity contribution in [3.63, 3.8) is 0 Å². The van der Waals surface area contributed by atoms with Gasteiger partial charge in [0.15, 0.2) is 0 Å². The van der Waals surface area contributed by atoms with Gasteiger partial charge in [-0.1, -0.05) is 6.07 Å². The van der Waals surface area contributed by atoms with Gasteiger partial charge in [-0.15, -0.1) is 0 Å². The third kappa shape index (κ3) is 4.78. The van der Waals surface area contributed by atoms with Crippen LogP contribution in [0, 0.1) is 6.92 Å². The maximum absolute atomic E-state index is 12.2. The van der Waals surface area contributed by atoms with Gasteiger partial charge in [-0.3, -0.25) is 9.78 Å². The third-order valence-corrected chi connectivity index (χ3v) is 2.83. The van der Waals surface area contributed by atoms with Gasteiger partial charge in [0, 0.05) is 25.5 Å². The van der Waals surface area contributed by atoms with Crippen LogP contribution >= 0.6 is 0 Å². The predicted molar refractivity (Wildman–Crippen MR) is 82.5 cm³/mol. The van der Waals surface area contributed by atoms with Crippen molar-refractivity contribution in [2.45, 2.75) is 13.5 Å². The molecule has 22 heavy (non-hydrogen) atoms. The largest absolute Gasteiger partial charge is 0.383 e. The van der Waals surface area contributed by atoms with Crippen molar-refractivity contribution in [2.24, 2.45) is 0 Å². The molecule has 0 bridgehead atoms. The summed E-state index contributed by atoms with van der Waals surface area (Å²) in [4.78, 5) is 24.8. The summed E-state index contributed by atoms with van der Waals surface area (Å²) in [7, 11) is 1.62. The predicted octanol–water partition coefficient (Wildman–Crippen LogP) is 1.17. The Balaban J connectivity index is 1.99. The zero-order valence-electron chi connectivity index (χ0n) is 12.7. The van der Waals surface area contributed by atoms with Gasteiger partial charge in [0.05, 0.1) is 18.8 Å². The van der Waals surface area contributed by atoms with Gasteiger partial charge in [0.1, 0.15) is 5.69 Å². The number of nitrogens with one attached hydrogen (secondary N) is 2. The van der Waals surface area contributed by atoms with Crippen molar-refractivity contribution in [1.29, 1.82) is 0 Å². The van der Waals surface area contributed by atoms with E-state index in [1.807, 2.05) is 25.1 Å². The molecule has 0 saturated heterocycles. The van der Waals surface area contributed by atoms with Crippen molar-refractivity contribution >= 4 is 11.9 Å². The molecule has 0 radical (unpaired) electrons. The van der Waals surface area contributed by atoms with Crippen LogP contribution in [0.25, 0.3) is 0 Å². The summed E-state index contributed by atoms with van der Waals surface area (Å²) in [6.45, 7) is 3.29. The van der Waals surface area contributed by atoms with Crippen LogP contribution < -0.4 is 10.6 Å². The first-order valence-electron chi connectivity index (χ1n) is 6.95. The highest BCUT2D eigenvalue weighted by Gasteiger charge is 2.10. The van der Waals surface area contributed by atoms with E-state index in [-0.39, 0.29) is 5.91 Å². The molecule has 116 valence electrons. The van der Waals surface area contributed by atoms with E-state index < -0.39 is 0 Å². The Hall–Kier alpha value is -2.54. The van der Waals surface area contributed by atoms with E-state index in [4.69, 9.17) is 4.74 Å². The SMILES string of the molecule is COCCNc1nc(C)cc(C(=O)NCc2ccccn2)n1. The fraction of sp³-hybridized carbons (Fsp3) is 0.333. The quantitative estimate of drug-likeness (QED) is 0.746. The highest BCUT2D eigenvalue weighted by Crippen LogP contribution is 2.05. The number of amides is 1. The second kappa shape index (κ2) is 8.04. The van der Waals surface area contributed by atoms with E-state index in [2.05, 4.69) is 25.6 Å². The van der Waals surface area contributed by atoms with Gasteiger partial charge in [-0.05, 0) is 25.1 Å². The lowest BCUT2D eigenvalue weighted by Crippen LogP contribution is -2.25. The molecule has 0 unspecified atom stereocenters. The Morgan fingerprint density at radius 2 is 2.18 bits per heavy atom. The topological polar surface area (TPSA) is 89.0 Å². The molecule has 0 aliphatic rings. The molecule has 7 nitrogen and oxygen atoms in total. The van der Waals surface area contributed by atoms with E-state index in [1.54, 1.807) is 19.4 Å². The fourth-order valence-corrected chi connectivity index (χ4v) is 1.79. The number of rotatable bonds is 7. The molecular weight excluding hydrogens is 282 g/mol. The Morgan fingerprint density at radius 1 is 1.32 bits per heavy atom. The number of carbonyl (C=O) groups is 1. The first kappa shape index (κ1) is 15.8. The highest BCUT2D eigenvalue weighted by molar-refractivity contribution is 5.92. The zero-order chi connectivity index (χ0) is 15.8. The maximum atomic E-state index is 12.2. The van der Waals surface area contributed by atoms with Gasteiger partial charge >= 0.3 is 0 Å². The third-order valence-electron chi connectivity index (χ3n) is 2.83. The van der Waals surface area contributed by atoms with E-state index in [9.17, 15) is 4.79 Å². The molecule has 2 heterocycles. The highest BCUT2D eigenvalue weighted by atomic mass is 16.5. The Labute approximate surface area is 129 Å². The average molecular weight is 301 g/mol. The average Bonchev–Trinajstić information content (AvgIpc) is 2.53. The molecule has 0 aromatic carbocycles. The molecule has 0 spiro atoms. The maximum Gasteiger partial charge on any atom is 0.270 e. The van der Waals surface area contributed by atoms with E-state index in [0.29, 0.717) is 31.3 Å². The molecular formula is C15H19N5O2. The van der Waals surface area contributed by atoms with Crippen LogP contribution in [-0.4, -0.2) is 41.1 Å². The summed E-state index contributed by atoms with van der Waals surface area (Å²) in [5.74, 6) is 0.158. The Bertz CT molecular complexity index is 619. The standard InChI is InChI=1S/C15H19N5O2/c1-11-9-13(20-15(19-11)17-7-8-22-2)14(21)18-10-12-5-3-4-6-16-12/h3-6,9H,7-8,10H2,1-2H3,(H,18,21)(H,17,19,20). The zero-order valence-corrected chi connectivity index (χ0v) is 12.7. The number of hydrogen-bond donors (Lipinski definition) is 2. The summed E-state index contributed by atoms with van der Waals surface area (Å²) < 4.78 is 4.95. The molecule has 0 aliphatic heterocycles. The summed E-state index contributed by atoms with van der Waals surface area (Å²) in [5, 5.41) is 5.81. The van der Waals surface area contributed by atoms with Crippen molar-refractivity contribution in [2.75, 3.05) is 25.6 Å². The van der Waals surface area contributed by atoms with Crippen LogP contribution in [0.1, 0.15) is 21.9 Å². The van der Waals surface area contributed by atoms with Crippen LogP contribution in [0.2, 0.25) is 0 Å². The van der Waals surface area contributed by atoms with Crippen LogP contribution in [0.15, 0.2) is 30.5 Å². The van der Waals surface area contributed by atoms with Gasteiger partial charge in [0.25, 0.3) is 5.91 Å². The van der Waals surface area contributed by atoms with Crippen molar-refractivity contribution < 1.29 is 9.53 Å². The van der Waals surface area contributed by atoms with Crippen LogP contribution in [-0.2, 0) is 11.3 Å². The van der Waals surface area contributed by atoms with Gasteiger partial charge in [0.2, 0.25) is 5.95 Å². The minimum Gasteiger partial charge on any atom is -0.383 e. The number of aromatic nitrogens is 3. The summed E-state index contributed by atoms with van der Waals surface area (Å²) >= 11 is 0. The second-order valence-corrected chi connectivity index (χ2v) is 4.64. The van der Waals surface area contributed by atoms with Gasteiger partial charge in [-0.2, -0.15) is 0 Å². The van der Waals surface area contributed by atoms with E-state index in [1.165, 1.54) is 0 Å². The Kier molecular flexibility index (Phi) is 5.79. The van der Waals surface area contributed by atoms with E-state index in [0.717, 1.165) is 11.4 Å². The number of methoxy groups -OCH3 is 1. The monoisotopic (exact) mass is 301 g/mol. The first-order chi connectivity index (χ1) is 10.7. The Morgan fingerprint density at radius 3 is 2.91 bits per heavy atom. The van der Waals surface area contributed by atoms with Crippen molar-refractivity contribution in [3.8, 4) is 0 Å². The molecule has 0 saturated carbocycles. The van der Waals surface area contributed by atoms with Crippen molar-refractivity contribution in [3.05, 3.63) is 47.5 Å². The van der Waals surface area contributed by atoms with Crippen LogP contribution in [0.4, 0.5) is 5.95 Å². The molecule has 2 aromatic heterocycles. The van der Waals surface area contributed by atoms with Gasteiger partial charge in [-0.25, -0.2) is 9.97 Å². The number of hydrogen-bond acceptors (Lipinski definition) is 6. The number of ether oxygens (including phenoxy) is 1. The minimum absolute atomic E-state index is 0.258. The molecule has 2 aromatic rings. The van der Waals surface area contributed by atoms with Gasteiger partial charge < -0.3 is 15.4 Å². The number of nitrogens with zero attached hydrogens (tertiary/aromatic N) is 3. The second-order valence-electron chi connectivity index (χ2n) is 4.64. The molecule has 0 atom stereocenters. The number of aryl methyl sites for hydroxylation is 1. The van der Waals surface area contributed by atoms with Crippen molar-refractivity contribution in [1.82, 2.24) is 20.3 Å². The molecule has 0 aliphatic carbocycles. The lowest BCUT2D eigenvalue weighted by atomic mass is 10.3. The van der Waals surface area contributed by atoms with Crippen LogP contribution in [0.5, 0.6) is 0 Å². The summed E-state index contributed by atoms with van der Waals surface area (Å²) in [6, 6.07) is 7.21. The molecule has 7 heteroatoms. The number of pyridine rings is 1. The number of anilines is 1. The lowest BCUT2D eigenvalue weighted by molar-refractivity contribution is 0.0945. The molecule has 0 fully saturated rings. The first-order valence-corrected chi connectivity index (χ1v) is 6.95. The number of carbonyl (C=O) groups excluding carboxylic acids is 1. The van der Waals surface area contributed by atoms with E-state index >= 15 is 0 Å². The molecule has 1 amide bonds. The minimum atomic E-state index is -0.258. The normalized spacial score (nSPS) is 10.3. The summed E-state index contributed by atoms with van der Waals surface area (Å²) in [5.41, 5.74) is 1.83. The fourth-order valence-electron chi connectivity index (χ4n) is 1.79.